The van der Waals surface area contributed by atoms with Crippen LogP contribution >= 0.6 is 0 Å². The van der Waals surface area contributed by atoms with Gasteiger partial charge in [0.05, 0.1) is 0 Å². The molecular formula is C20H27BO2. The summed E-state index contributed by atoms with van der Waals surface area (Å²) in [6.45, 7) is 8.70. The summed E-state index contributed by atoms with van der Waals surface area (Å²) in [6.07, 6.45) is 4.01. The Balaban J connectivity index is 2.09. The second kappa shape index (κ2) is 8.66. The van der Waals surface area contributed by atoms with E-state index in [1.807, 2.05) is 12.1 Å². The molecule has 0 spiro atoms. The van der Waals surface area contributed by atoms with Gasteiger partial charge in [0.1, 0.15) is 11.5 Å². The fourth-order valence-electron chi connectivity index (χ4n) is 3.11. The zero-order valence-electron chi connectivity index (χ0n) is 14.8. The van der Waals surface area contributed by atoms with Gasteiger partial charge in [0.2, 0.25) is 0 Å². The van der Waals surface area contributed by atoms with Crippen LogP contribution in [0, 0.1) is 0 Å². The van der Waals surface area contributed by atoms with Crippen molar-refractivity contribution in [2.45, 2.75) is 53.4 Å². The molecule has 2 aromatic rings. The minimum atomic E-state index is 0.250. The number of hydrogen-bond acceptors (Lipinski definition) is 2. The van der Waals surface area contributed by atoms with E-state index >= 15 is 0 Å². The van der Waals surface area contributed by atoms with Crippen molar-refractivity contribution in [1.82, 2.24) is 0 Å². The molecule has 0 aromatic heterocycles. The molecule has 0 heterocycles. The van der Waals surface area contributed by atoms with Gasteiger partial charge in [-0.15, -0.1) is 0 Å². The molecule has 0 radical (unpaired) electrons. The SMILES string of the molecule is CCc1cccc(OBOc2cccc(CC)c2CC)c1CC. The van der Waals surface area contributed by atoms with Crippen molar-refractivity contribution in [3.8, 4) is 11.5 Å². The fraction of sp³-hybridized carbons (Fsp3) is 0.400. The van der Waals surface area contributed by atoms with Crippen molar-refractivity contribution in [2.24, 2.45) is 0 Å². The van der Waals surface area contributed by atoms with Gasteiger partial charge in [0.15, 0.2) is 0 Å². The lowest BCUT2D eigenvalue weighted by atomic mass is 10.0. The molecule has 0 atom stereocenters. The van der Waals surface area contributed by atoms with Crippen LogP contribution in [0.15, 0.2) is 36.4 Å². The average molecular weight is 310 g/mol. The number of benzene rings is 2. The van der Waals surface area contributed by atoms with Crippen LogP contribution in [0.4, 0.5) is 0 Å². The van der Waals surface area contributed by atoms with Crippen molar-refractivity contribution in [1.29, 1.82) is 0 Å². The Morgan fingerprint density at radius 1 is 0.652 bits per heavy atom. The van der Waals surface area contributed by atoms with Gasteiger partial charge in [-0.05, 0) is 60.1 Å². The summed E-state index contributed by atoms with van der Waals surface area (Å²) in [5, 5.41) is 0. The van der Waals surface area contributed by atoms with E-state index in [2.05, 4.69) is 52.0 Å². The highest BCUT2D eigenvalue weighted by atomic mass is 16.6. The zero-order valence-corrected chi connectivity index (χ0v) is 14.8. The van der Waals surface area contributed by atoms with Crippen molar-refractivity contribution in [3.63, 3.8) is 0 Å². The Morgan fingerprint density at radius 3 is 1.43 bits per heavy atom. The largest absolute Gasteiger partial charge is 0.576 e. The number of hydrogen-bond donors (Lipinski definition) is 0. The fourth-order valence-corrected chi connectivity index (χ4v) is 3.11. The van der Waals surface area contributed by atoms with Gasteiger partial charge in [0.25, 0.3) is 0 Å². The Morgan fingerprint density at radius 2 is 1.09 bits per heavy atom. The standard InChI is InChI=1S/C20H27BO2/c1-5-15-11-9-13-19(17(15)7-3)22-21-23-20-14-10-12-16(6-2)18(20)8-4/h9-14,21H,5-8H2,1-4H3. The van der Waals surface area contributed by atoms with Gasteiger partial charge in [-0.25, -0.2) is 0 Å². The summed E-state index contributed by atoms with van der Waals surface area (Å²) < 4.78 is 11.9. The highest BCUT2D eigenvalue weighted by Crippen LogP contribution is 2.25. The van der Waals surface area contributed by atoms with Crippen LogP contribution in [-0.2, 0) is 25.7 Å². The summed E-state index contributed by atoms with van der Waals surface area (Å²) >= 11 is 0. The molecule has 0 aliphatic heterocycles. The molecule has 0 fully saturated rings. The molecule has 0 bridgehead atoms. The van der Waals surface area contributed by atoms with E-state index in [9.17, 15) is 0 Å². The molecule has 3 heteroatoms. The molecular weight excluding hydrogens is 283 g/mol. The van der Waals surface area contributed by atoms with E-state index in [1.54, 1.807) is 0 Å². The summed E-state index contributed by atoms with van der Waals surface area (Å²) in [5.74, 6) is 1.88. The van der Waals surface area contributed by atoms with Gasteiger partial charge in [-0.3, -0.25) is 0 Å². The smallest absolute Gasteiger partial charge is 0.528 e. The molecule has 2 nitrogen and oxygen atoms in total. The summed E-state index contributed by atoms with van der Waals surface area (Å²) in [4.78, 5) is 0. The topological polar surface area (TPSA) is 18.5 Å². The van der Waals surface area contributed by atoms with E-state index in [1.165, 1.54) is 22.3 Å². The van der Waals surface area contributed by atoms with Crippen molar-refractivity contribution < 1.29 is 9.31 Å². The normalized spacial score (nSPS) is 10.4. The Kier molecular flexibility index (Phi) is 6.58. The van der Waals surface area contributed by atoms with Crippen molar-refractivity contribution in [3.05, 3.63) is 58.7 Å². The maximum absolute atomic E-state index is 5.93. The van der Waals surface area contributed by atoms with Crippen LogP contribution in [0.5, 0.6) is 11.5 Å². The van der Waals surface area contributed by atoms with Crippen LogP contribution < -0.4 is 9.31 Å². The van der Waals surface area contributed by atoms with E-state index in [0.29, 0.717) is 0 Å². The van der Waals surface area contributed by atoms with Gasteiger partial charge < -0.3 is 9.31 Å². The minimum absolute atomic E-state index is 0.250. The first-order valence-corrected chi connectivity index (χ1v) is 8.72. The number of aryl methyl sites for hydroxylation is 2. The molecule has 0 aliphatic rings. The summed E-state index contributed by atoms with van der Waals surface area (Å²) in [7, 11) is 0.250. The Labute approximate surface area is 141 Å². The minimum Gasteiger partial charge on any atom is -0.528 e. The van der Waals surface area contributed by atoms with Crippen LogP contribution in [-0.4, -0.2) is 7.69 Å². The van der Waals surface area contributed by atoms with Gasteiger partial charge in [-0.2, -0.15) is 0 Å². The lowest BCUT2D eigenvalue weighted by Crippen LogP contribution is -2.14. The lowest BCUT2D eigenvalue weighted by molar-refractivity contribution is 0.452. The maximum atomic E-state index is 5.93. The van der Waals surface area contributed by atoms with E-state index in [4.69, 9.17) is 9.31 Å². The molecule has 122 valence electrons. The third-order valence-corrected chi connectivity index (χ3v) is 4.36. The van der Waals surface area contributed by atoms with Crippen LogP contribution in [0.25, 0.3) is 0 Å². The van der Waals surface area contributed by atoms with E-state index in [0.717, 1.165) is 37.2 Å². The molecule has 2 rings (SSSR count). The second-order valence-electron chi connectivity index (χ2n) is 5.61. The molecule has 0 N–H and O–H groups in total. The predicted octanol–water partition coefficient (Wildman–Crippen LogP) is 4.66. The number of rotatable bonds is 8. The van der Waals surface area contributed by atoms with Crippen molar-refractivity contribution in [2.75, 3.05) is 0 Å². The molecule has 0 saturated carbocycles. The maximum Gasteiger partial charge on any atom is 0.576 e. The van der Waals surface area contributed by atoms with Crippen molar-refractivity contribution >= 4 is 7.69 Å². The molecule has 0 aliphatic carbocycles. The lowest BCUT2D eigenvalue weighted by Gasteiger charge is -2.16. The second-order valence-corrected chi connectivity index (χ2v) is 5.61. The van der Waals surface area contributed by atoms with Crippen LogP contribution in [0.3, 0.4) is 0 Å². The van der Waals surface area contributed by atoms with Gasteiger partial charge in [-0.1, -0.05) is 52.0 Å². The highest BCUT2D eigenvalue weighted by Gasteiger charge is 2.10. The zero-order chi connectivity index (χ0) is 16.7. The monoisotopic (exact) mass is 310 g/mol. The Hall–Kier alpha value is -1.90. The average Bonchev–Trinajstić information content (AvgIpc) is 2.60. The van der Waals surface area contributed by atoms with E-state index < -0.39 is 0 Å². The van der Waals surface area contributed by atoms with Crippen LogP contribution in [0.2, 0.25) is 0 Å². The Bertz CT molecular complexity index is 582. The summed E-state index contributed by atoms with van der Waals surface area (Å²) in [5.41, 5.74) is 5.28. The molecule has 2 aromatic carbocycles. The third-order valence-electron chi connectivity index (χ3n) is 4.36. The van der Waals surface area contributed by atoms with Crippen LogP contribution in [0.1, 0.15) is 49.9 Å². The molecule has 0 unspecified atom stereocenters. The quantitative estimate of drug-likeness (QED) is 0.660. The van der Waals surface area contributed by atoms with Gasteiger partial charge in [0, 0.05) is 0 Å². The summed E-state index contributed by atoms with van der Waals surface area (Å²) in [6, 6.07) is 12.5. The molecule has 0 amide bonds. The first kappa shape index (κ1) is 17.5. The third kappa shape index (κ3) is 4.10. The van der Waals surface area contributed by atoms with E-state index in [-0.39, 0.29) is 7.69 Å². The highest BCUT2D eigenvalue weighted by molar-refractivity contribution is 6.20. The molecule has 23 heavy (non-hydrogen) atoms. The van der Waals surface area contributed by atoms with Gasteiger partial charge >= 0.3 is 7.69 Å². The molecule has 0 saturated heterocycles. The predicted molar refractivity (Wildman–Crippen MR) is 98.8 cm³/mol. The first-order valence-electron chi connectivity index (χ1n) is 8.72. The first-order chi connectivity index (χ1) is 11.2.